The van der Waals surface area contributed by atoms with Crippen LogP contribution < -0.4 is 11.1 Å². The zero-order valence-corrected chi connectivity index (χ0v) is 11.7. The van der Waals surface area contributed by atoms with Crippen molar-refractivity contribution in [1.29, 1.82) is 0 Å². The first-order valence-corrected chi connectivity index (χ1v) is 6.50. The van der Waals surface area contributed by atoms with Gasteiger partial charge in [0.2, 0.25) is 0 Å². The zero-order valence-electron chi connectivity index (χ0n) is 11.7. The lowest BCUT2D eigenvalue weighted by molar-refractivity contribution is 0.0950. The molecule has 0 unspecified atom stereocenters. The largest absolute Gasteiger partial charge is 0.396 e. The summed E-state index contributed by atoms with van der Waals surface area (Å²) in [6.07, 6.45) is 0. The van der Waals surface area contributed by atoms with Gasteiger partial charge in [-0.1, -0.05) is 24.3 Å². The molecule has 0 saturated carbocycles. The maximum absolute atomic E-state index is 13.1. The van der Waals surface area contributed by atoms with E-state index in [1.165, 1.54) is 18.2 Å². The van der Waals surface area contributed by atoms with Crippen LogP contribution in [0.25, 0.3) is 0 Å². The molecule has 2 aromatic rings. The standard InChI is InChI=1S/C16H17FN2O2/c1-21-10-13-5-3-2-4-12(13)9-19-16(20)11-6-7-14(17)15(18)8-11/h2-8H,9-10,18H2,1H3,(H,19,20). The summed E-state index contributed by atoms with van der Waals surface area (Å²) in [5, 5.41) is 2.79. The van der Waals surface area contributed by atoms with Gasteiger partial charge in [-0.05, 0) is 29.3 Å². The Morgan fingerprint density at radius 1 is 1.24 bits per heavy atom. The van der Waals surface area contributed by atoms with Crippen LogP contribution in [-0.4, -0.2) is 13.0 Å². The number of anilines is 1. The van der Waals surface area contributed by atoms with Gasteiger partial charge in [-0.3, -0.25) is 4.79 Å². The maximum Gasteiger partial charge on any atom is 0.251 e. The van der Waals surface area contributed by atoms with Crippen molar-refractivity contribution in [2.45, 2.75) is 13.2 Å². The summed E-state index contributed by atoms with van der Waals surface area (Å²) in [5.41, 5.74) is 7.74. The van der Waals surface area contributed by atoms with Crippen molar-refractivity contribution in [3.63, 3.8) is 0 Å². The first kappa shape index (κ1) is 15.0. The molecule has 0 spiro atoms. The van der Waals surface area contributed by atoms with Crippen molar-refractivity contribution >= 4 is 11.6 Å². The molecule has 0 fully saturated rings. The molecule has 0 aliphatic rings. The lowest BCUT2D eigenvalue weighted by Crippen LogP contribution is -2.23. The van der Waals surface area contributed by atoms with Crippen LogP contribution in [0, 0.1) is 5.82 Å². The van der Waals surface area contributed by atoms with E-state index in [1.807, 2.05) is 24.3 Å². The van der Waals surface area contributed by atoms with E-state index in [0.717, 1.165) is 11.1 Å². The average molecular weight is 288 g/mol. The summed E-state index contributed by atoms with van der Waals surface area (Å²) in [7, 11) is 1.62. The Balaban J connectivity index is 2.05. The van der Waals surface area contributed by atoms with Crippen LogP contribution in [0.1, 0.15) is 21.5 Å². The Morgan fingerprint density at radius 3 is 2.62 bits per heavy atom. The number of ether oxygens (including phenoxy) is 1. The van der Waals surface area contributed by atoms with Gasteiger partial charge < -0.3 is 15.8 Å². The van der Waals surface area contributed by atoms with Gasteiger partial charge in [-0.2, -0.15) is 0 Å². The molecule has 0 heterocycles. The number of methoxy groups -OCH3 is 1. The minimum absolute atomic E-state index is 0.0394. The number of nitrogens with one attached hydrogen (secondary N) is 1. The monoisotopic (exact) mass is 288 g/mol. The van der Waals surface area contributed by atoms with Crippen LogP contribution in [0.4, 0.5) is 10.1 Å². The highest BCUT2D eigenvalue weighted by Gasteiger charge is 2.09. The fourth-order valence-corrected chi connectivity index (χ4v) is 1.99. The third-order valence-corrected chi connectivity index (χ3v) is 3.12. The summed E-state index contributed by atoms with van der Waals surface area (Å²) in [4.78, 5) is 12.0. The topological polar surface area (TPSA) is 64.3 Å². The average Bonchev–Trinajstić information content (AvgIpc) is 2.49. The maximum atomic E-state index is 13.1. The Morgan fingerprint density at radius 2 is 1.95 bits per heavy atom. The number of carbonyl (C=O) groups is 1. The van der Waals surface area contributed by atoms with Gasteiger partial charge in [0, 0.05) is 19.2 Å². The molecule has 0 aromatic heterocycles. The molecule has 0 radical (unpaired) electrons. The lowest BCUT2D eigenvalue weighted by atomic mass is 10.1. The van der Waals surface area contributed by atoms with Crippen LogP contribution in [0.2, 0.25) is 0 Å². The van der Waals surface area contributed by atoms with Gasteiger partial charge in [-0.25, -0.2) is 4.39 Å². The summed E-state index contributed by atoms with van der Waals surface area (Å²) in [6.45, 7) is 0.852. The van der Waals surface area contributed by atoms with E-state index in [-0.39, 0.29) is 11.6 Å². The van der Waals surface area contributed by atoms with Gasteiger partial charge in [0.05, 0.1) is 12.3 Å². The van der Waals surface area contributed by atoms with Crippen LogP contribution in [0.5, 0.6) is 0 Å². The van der Waals surface area contributed by atoms with Crippen molar-refractivity contribution in [2.24, 2.45) is 0 Å². The molecular weight excluding hydrogens is 271 g/mol. The second-order valence-electron chi connectivity index (χ2n) is 4.62. The number of nitrogen functional groups attached to an aromatic ring is 1. The number of hydrogen-bond acceptors (Lipinski definition) is 3. The number of amides is 1. The van der Waals surface area contributed by atoms with Gasteiger partial charge >= 0.3 is 0 Å². The lowest BCUT2D eigenvalue weighted by Gasteiger charge is -2.10. The van der Waals surface area contributed by atoms with Crippen molar-refractivity contribution in [2.75, 3.05) is 12.8 Å². The molecule has 4 nitrogen and oxygen atoms in total. The normalized spacial score (nSPS) is 10.4. The summed E-state index contributed by atoms with van der Waals surface area (Å²) in [6, 6.07) is 11.6. The van der Waals surface area contributed by atoms with E-state index in [0.29, 0.717) is 18.7 Å². The SMILES string of the molecule is COCc1ccccc1CNC(=O)c1ccc(F)c(N)c1. The molecule has 1 amide bonds. The first-order valence-electron chi connectivity index (χ1n) is 6.50. The van der Waals surface area contributed by atoms with Gasteiger partial charge in [-0.15, -0.1) is 0 Å². The third-order valence-electron chi connectivity index (χ3n) is 3.12. The number of rotatable bonds is 5. The van der Waals surface area contributed by atoms with Gasteiger partial charge in [0.1, 0.15) is 5.82 Å². The van der Waals surface area contributed by atoms with E-state index in [1.54, 1.807) is 7.11 Å². The van der Waals surface area contributed by atoms with Crippen molar-refractivity contribution in [1.82, 2.24) is 5.32 Å². The number of halogens is 1. The van der Waals surface area contributed by atoms with Crippen LogP contribution in [-0.2, 0) is 17.9 Å². The van der Waals surface area contributed by atoms with E-state index >= 15 is 0 Å². The molecule has 0 atom stereocenters. The van der Waals surface area contributed by atoms with Gasteiger partial charge in [0.25, 0.3) is 5.91 Å². The van der Waals surface area contributed by atoms with Gasteiger partial charge in [0.15, 0.2) is 0 Å². The number of carbonyl (C=O) groups excluding carboxylic acids is 1. The van der Waals surface area contributed by atoms with Crippen molar-refractivity contribution in [3.8, 4) is 0 Å². The molecule has 2 aromatic carbocycles. The second kappa shape index (κ2) is 6.85. The van der Waals surface area contributed by atoms with E-state index in [9.17, 15) is 9.18 Å². The zero-order chi connectivity index (χ0) is 15.2. The van der Waals surface area contributed by atoms with E-state index in [4.69, 9.17) is 10.5 Å². The fraction of sp³-hybridized carbons (Fsp3) is 0.188. The molecular formula is C16H17FN2O2. The van der Waals surface area contributed by atoms with Crippen molar-refractivity contribution < 1.29 is 13.9 Å². The molecule has 0 bridgehead atoms. The van der Waals surface area contributed by atoms with Crippen LogP contribution in [0.3, 0.4) is 0 Å². The summed E-state index contributed by atoms with van der Waals surface area (Å²) in [5.74, 6) is -0.828. The quantitative estimate of drug-likeness (QED) is 0.831. The Hall–Kier alpha value is -2.40. The molecule has 110 valence electrons. The minimum Gasteiger partial charge on any atom is -0.396 e. The summed E-state index contributed by atoms with van der Waals surface area (Å²) >= 11 is 0. The molecule has 2 rings (SSSR count). The smallest absolute Gasteiger partial charge is 0.251 e. The minimum atomic E-state index is -0.531. The van der Waals surface area contributed by atoms with Crippen LogP contribution in [0.15, 0.2) is 42.5 Å². The highest BCUT2D eigenvalue weighted by molar-refractivity contribution is 5.95. The van der Waals surface area contributed by atoms with E-state index < -0.39 is 5.82 Å². The van der Waals surface area contributed by atoms with E-state index in [2.05, 4.69) is 5.32 Å². The molecule has 0 aliphatic heterocycles. The number of nitrogens with two attached hydrogens (primary N) is 1. The first-order chi connectivity index (χ1) is 10.1. The summed E-state index contributed by atoms with van der Waals surface area (Å²) < 4.78 is 18.2. The Bertz CT molecular complexity index is 644. The molecule has 5 heteroatoms. The number of benzene rings is 2. The Kier molecular flexibility index (Phi) is 4.90. The predicted molar refractivity (Wildman–Crippen MR) is 79.1 cm³/mol. The molecule has 0 saturated heterocycles. The predicted octanol–water partition coefficient (Wildman–Crippen LogP) is 2.48. The number of hydrogen-bond donors (Lipinski definition) is 2. The van der Waals surface area contributed by atoms with Crippen LogP contribution >= 0.6 is 0 Å². The molecule has 0 aliphatic carbocycles. The Labute approximate surface area is 122 Å². The van der Waals surface area contributed by atoms with Crippen molar-refractivity contribution in [3.05, 3.63) is 65.0 Å². The second-order valence-corrected chi connectivity index (χ2v) is 4.62. The highest BCUT2D eigenvalue weighted by Crippen LogP contribution is 2.13. The molecule has 21 heavy (non-hydrogen) atoms. The highest BCUT2D eigenvalue weighted by atomic mass is 19.1. The molecule has 3 N–H and O–H groups in total. The third kappa shape index (κ3) is 3.79. The fourth-order valence-electron chi connectivity index (χ4n) is 1.99.